The van der Waals surface area contributed by atoms with Gasteiger partial charge in [0.1, 0.15) is 29.6 Å². The molecule has 1 saturated heterocycles. The van der Waals surface area contributed by atoms with Crippen molar-refractivity contribution in [1.29, 1.82) is 0 Å². The van der Waals surface area contributed by atoms with Gasteiger partial charge in [-0.25, -0.2) is 33.3 Å². The Hall–Kier alpha value is -2.03. The first kappa shape index (κ1) is 27.6. The predicted molar refractivity (Wildman–Crippen MR) is 119 cm³/mol. The summed E-state index contributed by atoms with van der Waals surface area (Å²) >= 11 is 0. The van der Waals surface area contributed by atoms with Crippen molar-refractivity contribution in [2.45, 2.75) is 44.5 Å². The minimum absolute atomic E-state index is 0.0948. The van der Waals surface area contributed by atoms with Crippen LogP contribution in [0.1, 0.15) is 19.0 Å². The van der Waals surface area contributed by atoms with Crippen molar-refractivity contribution in [3.8, 4) is 0 Å². The summed E-state index contributed by atoms with van der Waals surface area (Å²) in [7, 11) is -6.29. The molecular weight excluding hydrogens is 513 g/mol. The highest BCUT2D eigenvalue weighted by atomic mass is 31.3. The van der Waals surface area contributed by atoms with Crippen LogP contribution < -0.4 is 10.8 Å². The number of aryl methyl sites for hydroxylation is 1. The number of phosphoric ester groups is 1. The number of methoxy groups -OCH3 is 1. The molecule has 3 heterocycles. The van der Waals surface area contributed by atoms with Gasteiger partial charge in [0, 0.05) is 13.8 Å². The normalized spacial score (nSPS) is 26.8. The van der Waals surface area contributed by atoms with Crippen LogP contribution in [0.2, 0.25) is 0 Å². The summed E-state index contributed by atoms with van der Waals surface area (Å²) in [6.07, 6.45) is -5.08. The molecule has 1 aliphatic heterocycles. The molecule has 1 aliphatic rings. The van der Waals surface area contributed by atoms with Gasteiger partial charge in [0.05, 0.1) is 20.0 Å². The highest BCUT2D eigenvalue weighted by Gasteiger charge is 2.47. The monoisotopic (exact) mass is 540 g/mol. The Morgan fingerprint density at radius 3 is 2.71 bits per heavy atom. The zero-order valence-electron chi connectivity index (χ0n) is 19.5. The quantitative estimate of drug-likeness (QED) is 0.285. The maximum atomic E-state index is 15.0. The molecule has 0 spiro atoms. The fourth-order valence-corrected chi connectivity index (χ4v) is 6.79. The lowest BCUT2D eigenvalue weighted by molar-refractivity contribution is -0.142. The van der Waals surface area contributed by atoms with E-state index < -0.39 is 58.6 Å². The Balaban J connectivity index is 1.71. The molecule has 0 saturated carbocycles. The Labute approximate surface area is 199 Å². The third-order valence-electron chi connectivity index (χ3n) is 4.99. The molecular formula is C17H27FN6O9P2. The van der Waals surface area contributed by atoms with Crippen molar-refractivity contribution in [2.24, 2.45) is 0 Å². The second-order valence-electron chi connectivity index (χ2n) is 7.71. The van der Waals surface area contributed by atoms with Crippen molar-refractivity contribution in [1.82, 2.24) is 24.6 Å². The first-order valence-electron chi connectivity index (χ1n) is 10.2. The van der Waals surface area contributed by atoms with E-state index in [9.17, 15) is 23.4 Å². The maximum absolute atomic E-state index is 15.0. The summed E-state index contributed by atoms with van der Waals surface area (Å²) < 4.78 is 66.8. The number of imidazole rings is 1. The van der Waals surface area contributed by atoms with E-state index in [1.807, 2.05) is 0 Å². The minimum Gasteiger partial charge on any atom is -0.468 e. The summed E-state index contributed by atoms with van der Waals surface area (Å²) in [5, 5.41) is 12.7. The van der Waals surface area contributed by atoms with Gasteiger partial charge in [0.25, 0.3) is 7.52 Å². The number of ether oxygens (including phenoxy) is 2. The number of anilines is 1. The molecule has 1 fully saturated rings. The number of aromatic nitrogens is 4. The Kier molecular flexibility index (Phi) is 8.29. The standard InChI is InChI=1S/C17H27FN6O9P2/c1-8(17(26)29-3)23-34(5,27)33-35(28,30-4)31-6-10-13(25)11(18)16(32-10)24-7-20-12-14(19)21-9(2)22-15(12)24/h7-8,10-11,13,16,25H,6H2,1-5H3,(H,23,27)(H2,19,21,22)/t8-,10+,11+,13?,16+,34?,35?/m0/s1. The third-order valence-corrected chi connectivity index (χ3v) is 8.80. The van der Waals surface area contributed by atoms with Crippen LogP contribution in [0.25, 0.3) is 11.2 Å². The number of aliphatic hydroxyl groups excluding tert-OH is 1. The number of nitrogens with two attached hydrogens (primary N) is 1. The number of alkyl halides is 1. The lowest BCUT2D eigenvalue weighted by Gasteiger charge is -2.24. The Bertz CT molecular complexity index is 1180. The fraction of sp³-hybridized carbons (Fsp3) is 0.647. The minimum atomic E-state index is -4.50. The van der Waals surface area contributed by atoms with Crippen molar-refractivity contribution in [2.75, 3.05) is 33.2 Å². The molecule has 15 nitrogen and oxygen atoms in total. The van der Waals surface area contributed by atoms with E-state index >= 15 is 0 Å². The molecule has 18 heteroatoms. The second-order valence-corrected chi connectivity index (χ2v) is 11.8. The van der Waals surface area contributed by atoms with Crippen LogP contribution in [0.3, 0.4) is 0 Å². The highest BCUT2D eigenvalue weighted by Crippen LogP contribution is 2.61. The molecule has 7 atom stereocenters. The number of esters is 1. The fourth-order valence-electron chi connectivity index (χ4n) is 3.37. The van der Waals surface area contributed by atoms with Crippen LogP contribution in [-0.4, -0.2) is 82.5 Å². The summed E-state index contributed by atoms with van der Waals surface area (Å²) in [4.78, 5) is 23.8. The number of fused-ring (bicyclic) bond motifs is 1. The van der Waals surface area contributed by atoms with Gasteiger partial charge < -0.3 is 20.3 Å². The van der Waals surface area contributed by atoms with Crippen LogP contribution in [0.5, 0.6) is 0 Å². The summed E-state index contributed by atoms with van der Waals surface area (Å²) in [6.45, 7) is 3.35. The molecule has 0 radical (unpaired) electrons. The van der Waals surface area contributed by atoms with Crippen LogP contribution in [0.15, 0.2) is 6.33 Å². The first-order valence-corrected chi connectivity index (χ1v) is 13.7. The number of nitrogens with zero attached hydrogens (tertiary/aromatic N) is 4. The number of halogens is 1. The molecule has 4 N–H and O–H groups in total. The van der Waals surface area contributed by atoms with Crippen LogP contribution in [-0.2, 0) is 36.8 Å². The molecule has 0 aromatic carbocycles. The number of nitrogens with one attached hydrogen (secondary N) is 1. The lowest BCUT2D eigenvalue weighted by Crippen LogP contribution is -2.33. The lowest BCUT2D eigenvalue weighted by atomic mass is 10.1. The van der Waals surface area contributed by atoms with E-state index in [0.29, 0.717) is 5.82 Å². The van der Waals surface area contributed by atoms with Gasteiger partial charge in [-0.05, 0) is 13.8 Å². The van der Waals surface area contributed by atoms with E-state index in [1.54, 1.807) is 6.92 Å². The molecule has 3 unspecified atom stereocenters. The molecule has 2 aromatic heterocycles. The SMILES string of the molecule is COC(=O)[C@H](C)NP(C)(=O)OP(=O)(OC)OC[C@H]1O[C@@H](n2cnc3c(N)nc(C)nc32)[C@H](F)C1O. The summed E-state index contributed by atoms with van der Waals surface area (Å²) in [5.74, 6) is -0.319. The topological polar surface area (TPSA) is 199 Å². The predicted octanol–water partition coefficient (Wildman–Crippen LogP) is 1.08. The zero-order chi connectivity index (χ0) is 26.1. The molecule has 3 rings (SSSR count). The number of hydrogen-bond donors (Lipinski definition) is 3. The smallest absolute Gasteiger partial charge is 0.468 e. The molecule has 0 amide bonds. The summed E-state index contributed by atoms with van der Waals surface area (Å²) in [6, 6.07) is -1.05. The number of phosphoric acid groups is 1. The van der Waals surface area contributed by atoms with Crippen LogP contribution in [0.4, 0.5) is 10.2 Å². The molecule has 0 bridgehead atoms. The van der Waals surface area contributed by atoms with Gasteiger partial charge >= 0.3 is 13.8 Å². The van der Waals surface area contributed by atoms with Gasteiger partial charge in [0.2, 0.25) is 0 Å². The summed E-state index contributed by atoms with van der Waals surface area (Å²) in [5.41, 5.74) is 6.25. The van der Waals surface area contributed by atoms with Crippen LogP contribution >= 0.6 is 15.3 Å². The largest absolute Gasteiger partial charge is 0.481 e. The average molecular weight is 540 g/mol. The van der Waals surface area contributed by atoms with Crippen molar-refractivity contribution < 1.29 is 46.3 Å². The van der Waals surface area contributed by atoms with Gasteiger partial charge in [-0.1, -0.05) is 0 Å². The van der Waals surface area contributed by atoms with E-state index in [2.05, 4.69) is 24.8 Å². The molecule has 35 heavy (non-hydrogen) atoms. The zero-order valence-corrected chi connectivity index (χ0v) is 21.3. The van der Waals surface area contributed by atoms with Crippen molar-refractivity contribution in [3.63, 3.8) is 0 Å². The number of hydrogen-bond acceptors (Lipinski definition) is 13. The van der Waals surface area contributed by atoms with Gasteiger partial charge in [-0.3, -0.25) is 23.0 Å². The van der Waals surface area contributed by atoms with Crippen LogP contribution in [0, 0.1) is 6.92 Å². The Morgan fingerprint density at radius 1 is 1.40 bits per heavy atom. The Morgan fingerprint density at radius 2 is 2.09 bits per heavy atom. The number of carbonyl (C=O) groups excluding carboxylic acids is 1. The highest BCUT2D eigenvalue weighted by molar-refractivity contribution is 7.66. The number of aliphatic hydroxyl groups is 1. The maximum Gasteiger partial charge on any atom is 0.481 e. The van der Waals surface area contributed by atoms with Crippen molar-refractivity contribution >= 4 is 38.3 Å². The molecule has 0 aliphatic carbocycles. The second kappa shape index (κ2) is 10.5. The average Bonchev–Trinajstić information content (AvgIpc) is 3.32. The van der Waals surface area contributed by atoms with E-state index in [4.69, 9.17) is 23.8 Å². The third kappa shape index (κ3) is 6.04. The molecule has 196 valence electrons. The van der Waals surface area contributed by atoms with E-state index in [1.165, 1.54) is 17.8 Å². The number of rotatable bonds is 10. The van der Waals surface area contributed by atoms with E-state index in [0.717, 1.165) is 20.9 Å². The van der Waals surface area contributed by atoms with Gasteiger partial charge in [0.15, 0.2) is 23.9 Å². The van der Waals surface area contributed by atoms with Gasteiger partial charge in [-0.2, -0.15) is 0 Å². The van der Waals surface area contributed by atoms with E-state index in [-0.39, 0.29) is 17.0 Å². The number of carbonyl (C=O) groups is 1. The molecule has 2 aromatic rings. The number of nitrogen functional groups attached to an aromatic ring is 1. The van der Waals surface area contributed by atoms with Gasteiger partial charge in [-0.15, -0.1) is 0 Å². The van der Waals surface area contributed by atoms with Crippen molar-refractivity contribution in [3.05, 3.63) is 12.2 Å². The first-order chi connectivity index (χ1) is 16.3.